The maximum absolute atomic E-state index is 6.08. The predicted molar refractivity (Wildman–Crippen MR) is 80.6 cm³/mol. The number of aromatic nitrogens is 2. The van der Waals surface area contributed by atoms with Gasteiger partial charge in [0.25, 0.3) is 0 Å². The van der Waals surface area contributed by atoms with E-state index in [0.29, 0.717) is 18.1 Å². The third-order valence-electron chi connectivity index (χ3n) is 4.44. The normalized spacial score (nSPS) is 31.2. The Hall–Kier alpha value is -1.20. The van der Waals surface area contributed by atoms with E-state index in [2.05, 4.69) is 20.2 Å². The van der Waals surface area contributed by atoms with Crippen LogP contribution in [0.15, 0.2) is 18.5 Å². The summed E-state index contributed by atoms with van der Waals surface area (Å²) in [5.74, 6) is 0.861. The van der Waals surface area contributed by atoms with Gasteiger partial charge in [0.2, 0.25) is 5.95 Å². The van der Waals surface area contributed by atoms with Crippen LogP contribution in [0.4, 0.5) is 5.95 Å². The number of nitrogens with zero attached hydrogens (tertiary/aromatic N) is 3. The zero-order chi connectivity index (χ0) is 13.8. The lowest BCUT2D eigenvalue weighted by Crippen LogP contribution is -2.51. The number of piperidine rings is 1. The van der Waals surface area contributed by atoms with E-state index in [1.807, 2.05) is 18.5 Å². The fraction of sp³-hybridized carbons (Fsp3) is 0.733. The molecule has 1 saturated heterocycles. The minimum atomic E-state index is 0.387. The number of rotatable bonds is 3. The summed E-state index contributed by atoms with van der Waals surface area (Å²) in [5, 5.41) is 3.81. The average Bonchev–Trinajstić information content (AvgIpc) is 2.48. The van der Waals surface area contributed by atoms with Gasteiger partial charge in [0.15, 0.2) is 0 Å². The molecule has 1 aromatic rings. The van der Waals surface area contributed by atoms with Gasteiger partial charge in [-0.05, 0) is 38.2 Å². The first-order chi connectivity index (χ1) is 9.81. The van der Waals surface area contributed by atoms with Crippen molar-refractivity contribution < 1.29 is 0 Å². The van der Waals surface area contributed by atoms with Crippen molar-refractivity contribution in [1.82, 2.24) is 15.3 Å². The monoisotopic (exact) mass is 275 g/mol. The highest BCUT2D eigenvalue weighted by Crippen LogP contribution is 2.20. The summed E-state index contributed by atoms with van der Waals surface area (Å²) in [4.78, 5) is 11.0. The van der Waals surface area contributed by atoms with E-state index < -0.39 is 0 Å². The number of hydrogen-bond acceptors (Lipinski definition) is 5. The molecule has 1 aliphatic heterocycles. The van der Waals surface area contributed by atoms with Gasteiger partial charge in [0, 0.05) is 43.6 Å². The lowest BCUT2D eigenvalue weighted by molar-refractivity contribution is 0.292. The zero-order valence-corrected chi connectivity index (χ0v) is 12.0. The Kier molecular flexibility index (Phi) is 4.47. The quantitative estimate of drug-likeness (QED) is 0.870. The van der Waals surface area contributed by atoms with E-state index in [9.17, 15) is 0 Å². The van der Waals surface area contributed by atoms with Crippen LogP contribution in [0, 0.1) is 0 Å². The summed E-state index contributed by atoms with van der Waals surface area (Å²) < 4.78 is 0. The topological polar surface area (TPSA) is 67.1 Å². The van der Waals surface area contributed by atoms with Crippen LogP contribution in [-0.2, 0) is 0 Å². The molecule has 0 radical (unpaired) electrons. The van der Waals surface area contributed by atoms with Crippen molar-refractivity contribution in [2.75, 3.05) is 18.0 Å². The van der Waals surface area contributed by atoms with E-state index in [4.69, 9.17) is 5.73 Å². The van der Waals surface area contributed by atoms with Gasteiger partial charge in [-0.15, -0.1) is 0 Å². The van der Waals surface area contributed by atoms with Crippen LogP contribution in [0.5, 0.6) is 0 Å². The largest absolute Gasteiger partial charge is 0.339 e. The lowest BCUT2D eigenvalue weighted by atomic mass is 9.90. The third kappa shape index (κ3) is 3.46. The van der Waals surface area contributed by atoms with Gasteiger partial charge in [-0.1, -0.05) is 6.42 Å². The van der Waals surface area contributed by atoms with Crippen molar-refractivity contribution in [1.29, 1.82) is 0 Å². The second kappa shape index (κ2) is 6.50. The summed E-state index contributed by atoms with van der Waals surface area (Å²) in [6.45, 7) is 2.07. The fourth-order valence-corrected chi connectivity index (χ4v) is 3.46. The van der Waals surface area contributed by atoms with E-state index in [1.54, 1.807) is 0 Å². The molecule has 0 spiro atoms. The maximum Gasteiger partial charge on any atom is 0.225 e. The minimum Gasteiger partial charge on any atom is -0.339 e. The highest BCUT2D eigenvalue weighted by Gasteiger charge is 2.26. The molecule has 3 rings (SSSR count). The molecule has 2 fully saturated rings. The van der Waals surface area contributed by atoms with Crippen molar-refractivity contribution in [3.8, 4) is 0 Å². The molecule has 20 heavy (non-hydrogen) atoms. The van der Waals surface area contributed by atoms with Crippen molar-refractivity contribution in [2.45, 2.75) is 56.7 Å². The summed E-state index contributed by atoms with van der Waals surface area (Å²) >= 11 is 0. The Labute approximate surface area is 121 Å². The van der Waals surface area contributed by atoms with Gasteiger partial charge in [-0.3, -0.25) is 0 Å². The first-order valence-electron chi connectivity index (χ1n) is 7.85. The number of hydrogen-bond donors (Lipinski definition) is 2. The van der Waals surface area contributed by atoms with Crippen molar-refractivity contribution in [2.24, 2.45) is 5.73 Å². The standard InChI is InChI=1S/C15H25N5/c16-12-4-1-5-13(10-12)19-14-6-2-9-20(11-14)15-17-7-3-8-18-15/h3,7-8,12-14,19H,1-2,4-6,9-11,16H2. The molecular weight excluding hydrogens is 250 g/mol. The first-order valence-corrected chi connectivity index (χ1v) is 7.85. The SMILES string of the molecule is NC1CCCC(NC2CCCN(c3ncccn3)C2)C1. The highest BCUT2D eigenvalue weighted by atomic mass is 15.3. The second-order valence-corrected chi connectivity index (χ2v) is 6.12. The lowest BCUT2D eigenvalue weighted by Gasteiger charge is -2.37. The Morgan fingerprint density at radius 1 is 1.10 bits per heavy atom. The molecule has 3 N–H and O–H groups in total. The van der Waals surface area contributed by atoms with Gasteiger partial charge in [0.1, 0.15) is 0 Å². The Morgan fingerprint density at radius 3 is 2.70 bits per heavy atom. The van der Waals surface area contributed by atoms with Gasteiger partial charge in [-0.25, -0.2) is 9.97 Å². The summed E-state index contributed by atoms with van der Waals surface area (Å²) in [6, 6.07) is 3.40. The predicted octanol–water partition coefficient (Wildman–Crippen LogP) is 1.30. The summed E-state index contributed by atoms with van der Waals surface area (Å²) in [6.07, 6.45) is 10.9. The van der Waals surface area contributed by atoms with Crippen LogP contribution in [0.25, 0.3) is 0 Å². The van der Waals surface area contributed by atoms with Gasteiger partial charge in [-0.2, -0.15) is 0 Å². The first kappa shape index (κ1) is 13.8. The molecule has 0 amide bonds. The third-order valence-corrected chi connectivity index (χ3v) is 4.44. The molecule has 3 unspecified atom stereocenters. The van der Waals surface area contributed by atoms with Crippen LogP contribution >= 0.6 is 0 Å². The molecule has 110 valence electrons. The van der Waals surface area contributed by atoms with E-state index in [1.165, 1.54) is 32.1 Å². The molecule has 5 heteroatoms. The molecule has 2 heterocycles. The van der Waals surface area contributed by atoms with Gasteiger partial charge in [0.05, 0.1) is 0 Å². The summed E-state index contributed by atoms with van der Waals surface area (Å²) in [7, 11) is 0. The highest BCUT2D eigenvalue weighted by molar-refractivity contribution is 5.29. The molecule has 3 atom stereocenters. The molecule has 1 aromatic heterocycles. The molecule has 1 saturated carbocycles. The smallest absolute Gasteiger partial charge is 0.225 e. The van der Waals surface area contributed by atoms with Gasteiger partial charge < -0.3 is 16.0 Å². The van der Waals surface area contributed by atoms with Gasteiger partial charge >= 0.3 is 0 Å². The van der Waals surface area contributed by atoms with Crippen LogP contribution in [-0.4, -0.2) is 41.2 Å². The van der Waals surface area contributed by atoms with Crippen LogP contribution < -0.4 is 16.0 Å². The number of nitrogens with two attached hydrogens (primary N) is 1. The molecular formula is C15H25N5. The Morgan fingerprint density at radius 2 is 1.90 bits per heavy atom. The van der Waals surface area contributed by atoms with Crippen molar-refractivity contribution in [3.63, 3.8) is 0 Å². The number of anilines is 1. The Bertz CT molecular complexity index is 410. The molecule has 0 aromatic carbocycles. The fourth-order valence-electron chi connectivity index (χ4n) is 3.46. The average molecular weight is 275 g/mol. The molecule has 2 aliphatic rings. The Balaban J connectivity index is 1.55. The second-order valence-electron chi connectivity index (χ2n) is 6.12. The van der Waals surface area contributed by atoms with Crippen LogP contribution in [0.3, 0.4) is 0 Å². The summed E-state index contributed by atoms with van der Waals surface area (Å²) in [5.41, 5.74) is 6.08. The van der Waals surface area contributed by atoms with Crippen molar-refractivity contribution >= 4 is 5.95 Å². The van der Waals surface area contributed by atoms with E-state index in [0.717, 1.165) is 25.5 Å². The molecule has 1 aliphatic carbocycles. The molecule has 5 nitrogen and oxygen atoms in total. The molecule has 0 bridgehead atoms. The zero-order valence-electron chi connectivity index (χ0n) is 12.0. The maximum atomic E-state index is 6.08. The van der Waals surface area contributed by atoms with Crippen molar-refractivity contribution in [3.05, 3.63) is 18.5 Å². The van der Waals surface area contributed by atoms with E-state index in [-0.39, 0.29) is 0 Å². The van der Waals surface area contributed by atoms with Crippen LogP contribution in [0.2, 0.25) is 0 Å². The minimum absolute atomic E-state index is 0.387. The number of nitrogens with one attached hydrogen (secondary N) is 1. The van der Waals surface area contributed by atoms with Crippen LogP contribution in [0.1, 0.15) is 38.5 Å². The van der Waals surface area contributed by atoms with E-state index >= 15 is 0 Å².